The number of carbonyl (C=O) groups excluding carboxylic acids is 2. The minimum Gasteiger partial charge on any atom is -0.484 e. The van der Waals surface area contributed by atoms with E-state index < -0.39 is 0 Å². The summed E-state index contributed by atoms with van der Waals surface area (Å²) in [4.78, 5) is 26.4. The maximum absolute atomic E-state index is 12.7. The first-order valence-electron chi connectivity index (χ1n) is 10.2. The molecule has 5 nitrogen and oxygen atoms in total. The van der Waals surface area contributed by atoms with Crippen molar-refractivity contribution in [2.45, 2.75) is 52.5 Å². The number of ether oxygens (including phenoxy) is 1. The molecule has 3 rings (SSSR count). The first kappa shape index (κ1) is 20.4. The van der Waals surface area contributed by atoms with Crippen LogP contribution in [0.3, 0.4) is 0 Å². The minimum atomic E-state index is -0.187. The van der Waals surface area contributed by atoms with E-state index in [4.69, 9.17) is 4.74 Å². The highest BCUT2D eigenvalue weighted by Crippen LogP contribution is 2.31. The standard InChI is InChI=1S/C23H32N2O3/c1-5-21(26)24-20-14-25(13-18(20)12-23(2,3)4)22(27)15-28-19-10-9-16-7-6-8-17(16)11-19/h5,9-11,18,20H,1,6-8,12-15H2,2-4H3,(H,24,26)/t18-,20-/m1/s1. The van der Waals surface area contributed by atoms with Gasteiger partial charge in [-0.05, 0) is 66.4 Å². The van der Waals surface area contributed by atoms with Gasteiger partial charge >= 0.3 is 0 Å². The number of nitrogens with zero attached hydrogens (tertiary/aromatic N) is 1. The van der Waals surface area contributed by atoms with Gasteiger partial charge in [0.15, 0.2) is 6.61 Å². The monoisotopic (exact) mass is 384 g/mol. The lowest BCUT2D eigenvalue weighted by molar-refractivity contribution is -0.132. The topological polar surface area (TPSA) is 58.6 Å². The Kier molecular flexibility index (Phi) is 6.11. The molecule has 1 aromatic rings. The smallest absolute Gasteiger partial charge is 0.260 e. The molecule has 0 saturated carbocycles. The van der Waals surface area contributed by atoms with Gasteiger partial charge in [-0.15, -0.1) is 0 Å². The maximum atomic E-state index is 12.7. The molecule has 1 aliphatic heterocycles. The fourth-order valence-electron chi connectivity index (χ4n) is 4.35. The number of nitrogens with one attached hydrogen (secondary N) is 1. The molecule has 1 N–H and O–H groups in total. The van der Waals surface area contributed by atoms with Crippen molar-refractivity contribution in [3.05, 3.63) is 42.0 Å². The molecule has 0 radical (unpaired) electrons. The van der Waals surface area contributed by atoms with Gasteiger partial charge in [0.1, 0.15) is 5.75 Å². The molecule has 0 spiro atoms. The molecule has 2 atom stereocenters. The fraction of sp³-hybridized carbons (Fsp3) is 0.565. The Balaban J connectivity index is 1.59. The van der Waals surface area contributed by atoms with Gasteiger partial charge in [-0.3, -0.25) is 9.59 Å². The molecule has 152 valence electrons. The van der Waals surface area contributed by atoms with E-state index in [1.165, 1.54) is 23.6 Å². The number of rotatable bonds is 6. The molecule has 0 bridgehead atoms. The number of hydrogen-bond donors (Lipinski definition) is 1. The van der Waals surface area contributed by atoms with Crippen LogP contribution in [0.1, 0.15) is 44.7 Å². The summed E-state index contributed by atoms with van der Waals surface area (Å²) in [6.45, 7) is 11.3. The van der Waals surface area contributed by atoms with Crippen LogP contribution in [0.15, 0.2) is 30.9 Å². The van der Waals surface area contributed by atoms with Crippen molar-refractivity contribution in [2.24, 2.45) is 11.3 Å². The highest BCUT2D eigenvalue weighted by Gasteiger charge is 2.37. The van der Waals surface area contributed by atoms with Crippen LogP contribution in [0.25, 0.3) is 0 Å². The van der Waals surface area contributed by atoms with E-state index in [2.05, 4.69) is 44.8 Å². The molecule has 1 fully saturated rings. The van der Waals surface area contributed by atoms with E-state index in [1.54, 1.807) is 0 Å². The summed E-state index contributed by atoms with van der Waals surface area (Å²) >= 11 is 0. The lowest BCUT2D eigenvalue weighted by Crippen LogP contribution is -2.41. The summed E-state index contributed by atoms with van der Waals surface area (Å²) in [5, 5.41) is 3.00. The van der Waals surface area contributed by atoms with Crippen molar-refractivity contribution in [2.75, 3.05) is 19.7 Å². The molecule has 1 saturated heterocycles. The van der Waals surface area contributed by atoms with Crippen molar-refractivity contribution in [3.63, 3.8) is 0 Å². The molecule has 2 amide bonds. The molecular formula is C23H32N2O3. The predicted octanol–water partition coefficient (Wildman–Crippen LogP) is 3.12. The maximum Gasteiger partial charge on any atom is 0.260 e. The van der Waals surface area contributed by atoms with Crippen molar-refractivity contribution >= 4 is 11.8 Å². The van der Waals surface area contributed by atoms with Crippen LogP contribution in [-0.4, -0.2) is 42.5 Å². The number of benzene rings is 1. The average molecular weight is 385 g/mol. The Morgan fingerprint density at radius 1 is 1.25 bits per heavy atom. The van der Waals surface area contributed by atoms with E-state index in [-0.39, 0.29) is 35.8 Å². The van der Waals surface area contributed by atoms with Gasteiger partial charge in [0, 0.05) is 13.1 Å². The summed E-state index contributed by atoms with van der Waals surface area (Å²) in [5.74, 6) is 0.770. The van der Waals surface area contributed by atoms with Crippen LogP contribution < -0.4 is 10.1 Å². The number of aryl methyl sites for hydroxylation is 2. The van der Waals surface area contributed by atoms with E-state index in [0.717, 1.165) is 25.0 Å². The Morgan fingerprint density at radius 3 is 2.71 bits per heavy atom. The van der Waals surface area contributed by atoms with Crippen LogP contribution in [0, 0.1) is 11.3 Å². The van der Waals surface area contributed by atoms with Crippen molar-refractivity contribution in [1.82, 2.24) is 10.2 Å². The Hall–Kier alpha value is -2.30. The third-order valence-electron chi connectivity index (χ3n) is 5.61. The number of likely N-dealkylation sites (tertiary alicyclic amines) is 1. The Bertz CT molecular complexity index is 751. The summed E-state index contributed by atoms with van der Waals surface area (Å²) in [6.07, 6.45) is 5.64. The largest absolute Gasteiger partial charge is 0.484 e. The second kappa shape index (κ2) is 8.38. The molecule has 1 aromatic carbocycles. The fourth-order valence-corrected chi connectivity index (χ4v) is 4.35. The highest BCUT2D eigenvalue weighted by atomic mass is 16.5. The van der Waals surface area contributed by atoms with E-state index in [1.807, 2.05) is 11.0 Å². The zero-order valence-corrected chi connectivity index (χ0v) is 17.3. The lowest BCUT2D eigenvalue weighted by atomic mass is 9.82. The Labute approximate surface area is 168 Å². The summed E-state index contributed by atoms with van der Waals surface area (Å²) in [5.41, 5.74) is 2.86. The third kappa shape index (κ3) is 5.15. The second-order valence-corrected chi connectivity index (χ2v) is 9.22. The van der Waals surface area contributed by atoms with Crippen molar-refractivity contribution in [3.8, 4) is 5.75 Å². The minimum absolute atomic E-state index is 0.0309. The molecule has 28 heavy (non-hydrogen) atoms. The van der Waals surface area contributed by atoms with E-state index >= 15 is 0 Å². The van der Waals surface area contributed by atoms with Gasteiger partial charge in [-0.1, -0.05) is 33.4 Å². The van der Waals surface area contributed by atoms with Crippen LogP contribution >= 0.6 is 0 Å². The van der Waals surface area contributed by atoms with Crippen LogP contribution in [0.2, 0.25) is 0 Å². The van der Waals surface area contributed by atoms with Crippen LogP contribution in [0.4, 0.5) is 0 Å². The summed E-state index contributed by atoms with van der Waals surface area (Å²) in [6, 6.07) is 6.08. The number of amides is 2. The molecular weight excluding hydrogens is 352 g/mol. The number of fused-ring (bicyclic) bond motifs is 1. The predicted molar refractivity (Wildman–Crippen MR) is 110 cm³/mol. The lowest BCUT2D eigenvalue weighted by Gasteiger charge is -2.26. The zero-order valence-electron chi connectivity index (χ0n) is 17.3. The second-order valence-electron chi connectivity index (χ2n) is 9.22. The summed E-state index contributed by atoms with van der Waals surface area (Å²) < 4.78 is 5.78. The SMILES string of the molecule is C=CC(=O)N[C@@H]1CN(C(=O)COc2ccc3c(c2)CCC3)C[C@H]1CC(C)(C)C. The highest BCUT2D eigenvalue weighted by molar-refractivity contribution is 5.87. The quantitative estimate of drug-likeness (QED) is 0.767. The van der Waals surface area contributed by atoms with E-state index in [9.17, 15) is 9.59 Å². The van der Waals surface area contributed by atoms with Gasteiger partial charge in [0.05, 0.1) is 6.04 Å². The first-order valence-corrected chi connectivity index (χ1v) is 10.2. The molecule has 5 heteroatoms. The van der Waals surface area contributed by atoms with Gasteiger partial charge in [0.25, 0.3) is 5.91 Å². The molecule has 1 aliphatic carbocycles. The molecule has 0 aromatic heterocycles. The van der Waals surface area contributed by atoms with Crippen molar-refractivity contribution in [1.29, 1.82) is 0 Å². The third-order valence-corrected chi connectivity index (χ3v) is 5.61. The number of carbonyl (C=O) groups is 2. The van der Waals surface area contributed by atoms with Gasteiger partial charge in [-0.25, -0.2) is 0 Å². The van der Waals surface area contributed by atoms with Gasteiger partial charge in [-0.2, -0.15) is 0 Å². The van der Waals surface area contributed by atoms with Crippen molar-refractivity contribution < 1.29 is 14.3 Å². The average Bonchev–Trinajstić information content (AvgIpc) is 3.25. The first-order chi connectivity index (χ1) is 13.2. The number of hydrogen-bond acceptors (Lipinski definition) is 3. The van der Waals surface area contributed by atoms with Gasteiger partial charge < -0.3 is 15.0 Å². The zero-order chi connectivity index (χ0) is 20.3. The molecule has 1 heterocycles. The van der Waals surface area contributed by atoms with E-state index in [0.29, 0.717) is 13.1 Å². The molecule has 2 aliphatic rings. The van der Waals surface area contributed by atoms with Crippen LogP contribution in [0.5, 0.6) is 5.75 Å². The van der Waals surface area contributed by atoms with Gasteiger partial charge in [0.2, 0.25) is 5.91 Å². The Morgan fingerprint density at radius 2 is 2.00 bits per heavy atom. The van der Waals surface area contributed by atoms with Crippen LogP contribution in [-0.2, 0) is 22.4 Å². The normalized spacial score (nSPS) is 21.3. The summed E-state index contributed by atoms with van der Waals surface area (Å²) in [7, 11) is 0. The molecule has 0 unspecified atom stereocenters.